The zero-order valence-electron chi connectivity index (χ0n) is 9.72. The summed E-state index contributed by atoms with van der Waals surface area (Å²) >= 11 is 0.271. The van der Waals surface area contributed by atoms with Crippen molar-refractivity contribution < 1.29 is 27.6 Å². The molecule has 106 valence electrons. The standard InChI is InChI=1S/C10H5F3N2O4S/c1-19-8(16)4-2-5-7(3-6(4)15(17)18)20-9(14-5)10(11,12)13/h2-3H,1H3. The van der Waals surface area contributed by atoms with Crippen LogP contribution in [0.15, 0.2) is 12.1 Å². The Hall–Kier alpha value is -2.23. The highest BCUT2D eigenvalue weighted by molar-refractivity contribution is 7.18. The molecule has 2 rings (SSSR count). The van der Waals surface area contributed by atoms with Gasteiger partial charge in [-0.15, -0.1) is 11.3 Å². The molecule has 6 nitrogen and oxygen atoms in total. The van der Waals surface area contributed by atoms with Gasteiger partial charge in [0.1, 0.15) is 5.56 Å². The van der Waals surface area contributed by atoms with Gasteiger partial charge in [-0.1, -0.05) is 0 Å². The molecule has 0 aliphatic carbocycles. The minimum Gasteiger partial charge on any atom is -0.465 e. The molecule has 0 spiro atoms. The predicted octanol–water partition coefficient (Wildman–Crippen LogP) is 3.01. The molecule has 0 atom stereocenters. The fraction of sp³-hybridized carbons (Fsp3) is 0.200. The Morgan fingerprint density at radius 3 is 2.60 bits per heavy atom. The van der Waals surface area contributed by atoms with Crippen LogP contribution in [0.3, 0.4) is 0 Å². The van der Waals surface area contributed by atoms with E-state index in [4.69, 9.17) is 0 Å². The minimum atomic E-state index is -4.65. The first-order valence-corrected chi connectivity index (χ1v) is 5.80. The van der Waals surface area contributed by atoms with Crippen LogP contribution in [0.4, 0.5) is 18.9 Å². The number of rotatable bonds is 2. The van der Waals surface area contributed by atoms with Crippen LogP contribution in [0.5, 0.6) is 0 Å². The first-order valence-electron chi connectivity index (χ1n) is 4.98. The van der Waals surface area contributed by atoms with Crippen LogP contribution < -0.4 is 0 Å². The Morgan fingerprint density at radius 1 is 1.45 bits per heavy atom. The number of nitro groups is 1. The maximum absolute atomic E-state index is 12.5. The number of nitrogens with zero attached hydrogens (tertiary/aromatic N) is 2. The van der Waals surface area contributed by atoms with E-state index in [0.29, 0.717) is 0 Å². The van der Waals surface area contributed by atoms with E-state index in [-0.39, 0.29) is 21.6 Å². The second-order valence-corrected chi connectivity index (χ2v) is 4.63. The summed E-state index contributed by atoms with van der Waals surface area (Å²) in [6.45, 7) is 0. The van der Waals surface area contributed by atoms with Gasteiger partial charge in [0.05, 0.1) is 22.2 Å². The Bertz CT molecular complexity index is 710. The van der Waals surface area contributed by atoms with E-state index in [1.54, 1.807) is 0 Å². The molecule has 1 aromatic heterocycles. The second kappa shape index (κ2) is 4.71. The first-order chi connectivity index (χ1) is 9.24. The number of alkyl halides is 3. The molecule has 1 aromatic carbocycles. The zero-order valence-corrected chi connectivity index (χ0v) is 10.5. The number of fused-ring (bicyclic) bond motifs is 1. The molecule has 2 aromatic rings. The van der Waals surface area contributed by atoms with E-state index >= 15 is 0 Å². The number of methoxy groups -OCH3 is 1. The lowest BCUT2D eigenvalue weighted by Gasteiger charge is -2.00. The number of esters is 1. The van der Waals surface area contributed by atoms with E-state index in [0.717, 1.165) is 19.2 Å². The Morgan fingerprint density at radius 2 is 2.10 bits per heavy atom. The van der Waals surface area contributed by atoms with Crippen molar-refractivity contribution in [3.8, 4) is 0 Å². The molecule has 1 heterocycles. The van der Waals surface area contributed by atoms with Crippen molar-refractivity contribution in [2.45, 2.75) is 6.18 Å². The van der Waals surface area contributed by atoms with Crippen LogP contribution in [0, 0.1) is 10.1 Å². The number of carbonyl (C=O) groups excluding carboxylic acids is 1. The van der Waals surface area contributed by atoms with Gasteiger partial charge in [-0.2, -0.15) is 13.2 Å². The van der Waals surface area contributed by atoms with Gasteiger partial charge >= 0.3 is 12.1 Å². The molecule has 0 aliphatic rings. The highest BCUT2D eigenvalue weighted by Crippen LogP contribution is 2.37. The number of aromatic nitrogens is 1. The van der Waals surface area contributed by atoms with Gasteiger partial charge in [-0.25, -0.2) is 9.78 Å². The van der Waals surface area contributed by atoms with Crippen molar-refractivity contribution in [1.82, 2.24) is 4.98 Å². The molecule has 0 saturated heterocycles. The minimum absolute atomic E-state index is 0.0309. The van der Waals surface area contributed by atoms with Gasteiger partial charge in [0, 0.05) is 6.07 Å². The lowest BCUT2D eigenvalue weighted by molar-refractivity contribution is -0.385. The Balaban J connectivity index is 2.71. The third-order valence-electron chi connectivity index (χ3n) is 2.35. The fourth-order valence-electron chi connectivity index (χ4n) is 1.51. The molecule has 0 fully saturated rings. The number of ether oxygens (including phenoxy) is 1. The monoisotopic (exact) mass is 306 g/mol. The van der Waals surface area contributed by atoms with Crippen molar-refractivity contribution in [3.05, 3.63) is 32.8 Å². The molecule has 20 heavy (non-hydrogen) atoms. The predicted molar refractivity (Wildman–Crippen MR) is 62.6 cm³/mol. The molecule has 0 unspecified atom stereocenters. The molecule has 0 saturated carbocycles. The molecular formula is C10H5F3N2O4S. The second-order valence-electron chi connectivity index (χ2n) is 3.60. The van der Waals surface area contributed by atoms with Gasteiger partial charge in [0.25, 0.3) is 5.69 Å². The van der Waals surface area contributed by atoms with Crippen molar-refractivity contribution in [1.29, 1.82) is 0 Å². The molecule has 0 amide bonds. The summed E-state index contributed by atoms with van der Waals surface area (Å²) in [5.41, 5.74) is -1.21. The van der Waals surface area contributed by atoms with Crippen molar-refractivity contribution in [2.24, 2.45) is 0 Å². The number of hydrogen-bond acceptors (Lipinski definition) is 6. The quantitative estimate of drug-likeness (QED) is 0.484. The molecule has 0 radical (unpaired) electrons. The normalized spacial score (nSPS) is 11.6. The third kappa shape index (κ3) is 2.41. The average molecular weight is 306 g/mol. The Labute approximate surface area is 112 Å². The van der Waals surface area contributed by atoms with Gasteiger partial charge in [-0.05, 0) is 6.07 Å². The van der Waals surface area contributed by atoms with Crippen LogP contribution in [-0.4, -0.2) is 23.0 Å². The topological polar surface area (TPSA) is 82.3 Å². The van der Waals surface area contributed by atoms with E-state index in [1.807, 2.05) is 0 Å². The number of nitro benzene ring substituents is 1. The molecule has 0 bridgehead atoms. The number of carbonyl (C=O) groups is 1. The summed E-state index contributed by atoms with van der Waals surface area (Å²) in [5.74, 6) is -1.01. The summed E-state index contributed by atoms with van der Waals surface area (Å²) in [6.07, 6.45) is -4.65. The number of halogens is 3. The Kier molecular flexibility index (Phi) is 3.34. The number of hydrogen-bond donors (Lipinski definition) is 0. The molecule has 10 heteroatoms. The van der Waals surface area contributed by atoms with Crippen LogP contribution in [0.2, 0.25) is 0 Å². The van der Waals surface area contributed by atoms with Gasteiger partial charge < -0.3 is 4.74 Å². The zero-order chi connectivity index (χ0) is 15.1. The van der Waals surface area contributed by atoms with E-state index in [9.17, 15) is 28.1 Å². The van der Waals surface area contributed by atoms with Crippen LogP contribution in [0.25, 0.3) is 10.2 Å². The summed E-state index contributed by atoms with van der Waals surface area (Å²) in [7, 11) is 1.01. The van der Waals surface area contributed by atoms with Crippen molar-refractivity contribution in [2.75, 3.05) is 7.11 Å². The van der Waals surface area contributed by atoms with Gasteiger partial charge in [-0.3, -0.25) is 10.1 Å². The van der Waals surface area contributed by atoms with Gasteiger partial charge in [0.15, 0.2) is 5.01 Å². The lowest BCUT2D eigenvalue weighted by Crippen LogP contribution is -2.05. The maximum atomic E-state index is 12.5. The average Bonchev–Trinajstić information content (AvgIpc) is 2.78. The fourth-order valence-corrected chi connectivity index (χ4v) is 2.36. The largest absolute Gasteiger partial charge is 0.465 e. The van der Waals surface area contributed by atoms with Crippen LogP contribution in [0.1, 0.15) is 15.4 Å². The van der Waals surface area contributed by atoms with Gasteiger partial charge in [0.2, 0.25) is 0 Å². The summed E-state index contributed by atoms with van der Waals surface area (Å²) in [4.78, 5) is 24.7. The SMILES string of the molecule is COC(=O)c1cc2nc(C(F)(F)F)sc2cc1[N+](=O)[O-]. The summed E-state index contributed by atoms with van der Waals surface area (Å²) in [6, 6.07) is 1.81. The van der Waals surface area contributed by atoms with Crippen molar-refractivity contribution >= 4 is 33.2 Å². The first kappa shape index (κ1) is 14.2. The summed E-state index contributed by atoms with van der Waals surface area (Å²) < 4.78 is 41.9. The van der Waals surface area contributed by atoms with E-state index < -0.39 is 33.3 Å². The third-order valence-corrected chi connectivity index (χ3v) is 3.41. The molecular weight excluding hydrogens is 301 g/mol. The van der Waals surface area contributed by atoms with E-state index in [2.05, 4.69) is 9.72 Å². The highest BCUT2D eigenvalue weighted by Gasteiger charge is 2.35. The van der Waals surface area contributed by atoms with E-state index in [1.165, 1.54) is 0 Å². The highest BCUT2D eigenvalue weighted by atomic mass is 32.1. The number of benzene rings is 1. The van der Waals surface area contributed by atoms with Crippen LogP contribution >= 0.6 is 11.3 Å². The molecule has 0 N–H and O–H groups in total. The maximum Gasteiger partial charge on any atom is 0.443 e. The van der Waals surface area contributed by atoms with Crippen LogP contribution in [-0.2, 0) is 10.9 Å². The lowest BCUT2D eigenvalue weighted by atomic mass is 10.1. The summed E-state index contributed by atoms with van der Waals surface area (Å²) in [5, 5.41) is 9.71. The number of thiazole rings is 1. The molecule has 0 aliphatic heterocycles. The smallest absolute Gasteiger partial charge is 0.443 e. The van der Waals surface area contributed by atoms with Crippen molar-refractivity contribution in [3.63, 3.8) is 0 Å².